The molecule has 164 valence electrons. The van der Waals surface area contributed by atoms with Crippen LogP contribution in [0.1, 0.15) is 24.2 Å². The third kappa shape index (κ3) is 7.60. The van der Waals surface area contributed by atoms with Gasteiger partial charge < -0.3 is 25.1 Å². The van der Waals surface area contributed by atoms with Gasteiger partial charge in [0, 0.05) is 30.8 Å². The number of carboxylic acid groups (broad SMARTS) is 2. The van der Waals surface area contributed by atoms with Crippen molar-refractivity contribution in [2.75, 3.05) is 19.3 Å². The molecule has 13 nitrogen and oxygen atoms in total. The zero-order valence-corrected chi connectivity index (χ0v) is 17.1. The number of carbonyl (C=O) groups excluding carboxylic acids is 1. The second-order valence-electron chi connectivity index (χ2n) is 5.99. The number of aliphatic carboxylic acids is 2. The second-order valence-corrected chi connectivity index (χ2v) is 7.09. The van der Waals surface area contributed by atoms with Crippen LogP contribution < -0.4 is 5.48 Å². The molecule has 0 aliphatic rings. The molecule has 0 saturated heterocycles. The maximum absolute atomic E-state index is 11.8. The standard InChI is InChI=1S/C16H22N6O7S/c1-10-11(20-9-19-10)7-30-4-3-22(8-17)15(18-2)21-29-13(25)6-16(28,14(26)27)5-12(23)24/h9,28H,3-7H2,1-2H3,(H,18,21)(H,19,20)(H,23,24)(H,26,27). The molecular weight excluding hydrogens is 420 g/mol. The third-order valence-electron chi connectivity index (χ3n) is 3.76. The van der Waals surface area contributed by atoms with E-state index in [0.29, 0.717) is 11.5 Å². The number of hydrogen-bond acceptors (Lipinski definition) is 9. The Labute approximate surface area is 175 Å². The average Bonchev–Trinajstić information content (AvgIpc) is 3.07. The average molecular weight is 442 g/mol. The van der Waals surface area contributed by atoms with Gasteiger partial charge in [-0.25, -0.2) is 19.5 Å². The number of carbonyl (C=O) groups is 3. The summed E-state index contributed by atoms with van der Waals surface area (Å²) in [4.78, 5) is 50.3. The highest BCUT2D eigenvalue weighted by Crippen LogP contribution is 2.17. The van der Waals surface area contributed by atoms with E-state index >= 15 is 0 Å². The van der Waals surface area contributed by atoms with Crippen LogP contribution in [0.5, 0.6) is 0 Å². The number of imidazole rings is 1. The molecule has 0 aliphatic carbocycles. The van der Waals surface area contributed by atoms with Gasteiger partial charge in [0.25, 0.3) is 0 Å². The molecule has 0 saturated carbocycles. The maximum atomic E-state index is 11.8. The number of thioether (sulfide) groups is 1. The summed E-state index contributed by atoms with van der Waals surface area (Å²) >= 11 is 1.52. The molecule has 30 heavy (non-hydrogen) atoms. The Bertz CT molecular complexity index is 836. The quantitative estimate of drug-likeness (QED) is 0.0773. The summed E-state index contributed by atoms with van der Waals surface area (Å²) in [5, 5.41) is 36.8. The Kier molecular flexibility index (Phi) is 9.59. The molecule has 0 bridgehead atoms. The number of aliphatic hydroxyl groups is 1. The van der Waals surface area contributed by atoms with Crippen LogP contribution in [0, 0.1) is 18.4 Å². The number of H-pyrrole nitrogens is 1. The van der Waals surface area contributed by atoms with Crippen molar-refractivity contribution in [2.24, 2.45) is 4.99 Å². The van der Waals surface area contributed by atoms with Crippen molar-refractivity contribution in [3.8, 4) is 6.19 Å². The van der Waals surface area contributed by atoms with Crippen LogP contribution in [0.4, 0.5) is 0 Å². The lowest BCUT2D eigenvalue weighted by Gasteiger charge is -2.21. The molecule has 0 spiro atoms. The summed E-state index contributed by atoms with van der Waals surface area (Å²) in [5.74, 6) is -3.70. The molecule has 1 aromatic heterocycles. The number of nitriles is 1. The Morgan fingerprint density at radius 2 is 2.13 bits per heavy atom. The smallest absolute Gasteiger partial charge is 0.336 e. The summed E-state index contributed by atoms with van der Waals surface area (Å²) in [6.07, 6.45) is 1.15. The molecule has 0 aromatic carbocycles. The fourth-order valence-corrected chi connectivity index (χ4v) is 3.06. The topological polar surface area (TPSA) is 201 Å². The SMILES string of the molecule is CN=C(NOC(=O)CC(O)(CC(=O)O)C(=O)O)N(C#N)CCSCc1nc[nH]c1C. The van der Waals surface area contributed by atoms with Crippen LogP contribution in [0.2, 0.25) is 0 Å². The largest absolute Gasteiger partial charge is 0.481 e. The lowest BCUT2D eigenvalue weighted by molar-refractivity contribution is -0.173. The van der Waals surface area contributed by atoms with E-state index in [2.05, 4.69) is 25.3 Å². The zero-order valence-electron chi connectivity index (χ0n) is 16.3. The van der Waals surface area contributed by atoms with Gasteiger partial charge in [-0.1, -0.05) is 0 Å². The maximum Gasteiger partial charge on any atom is 0.336 e. The molecule has 1 atom stereocenters. The molecule has 1 heterocycles. The molecule has 0 fully saturated rings. The van der Waals surface area contributed by atoms with Gasteiger partial charge in [0.05, 0.1) is 24.9 Å². The summed E-state index contributed by atoms with van der Waals surface area (Å²) in [6, 6.07) is 0. The van der Waals surface area contributed by atoms with Crippen molar-refractivity contribution in [3.63, 3.8) is 0 Å². The first-order chi connectivity index (χ1) is 14.1. The van der Waals surface area contributed by atoms with Gasteiger partial charge in [0.1, 0.15) is 0 Å². The number of aromatic nitrogens is 2. The lowest BCUT2D eigenvalue weighted by Crippen LogP contribution is -2.45. The number of nitrogens with one attached hydrogen (secondary N) is 2. The summed E-state index contributed by atoms with van der Waals surface area (Å²) in [6.45, 7) is 2.12. The van der Waals surface area contributed by atoms with Crippen molar-refractivity contribution < 1.29 is 34.5 Å². The lowest BCUT2D eigenvalue weighted by atomic mass is 9.96. The number of hydrogen-bond donors (Lipinski definition) is 5. The van der Waals surface area contributed by atoms with E-state index in [9.17, 15) is 24.8 Å². The Morgan fingerprint density at radius 1 is 1.43 bits per heavy atom. The normalized spacial score (nSPS) is 13.1. The molecule has 14 heteroatoms. The molecule has 5 N–H and O–H groups in total. The Balaban J connectivity index is 2.54. The second kappa shape index (κ2) is 11.6. The fourth-order valence-electron chi connectivity index (χ4n) is 2.12. The van der Waals surface area contributed by atoms with E-state index in [0.717, 1.165) is 16.3 Å². The van der Waals surface area contributed by atoms with E-state index in [1.807, 2.05) is 13.1 Å². The van der Waals surface area contributed by atoms with Gasteiger partial charge in [0.15, 0.2) is 11.8 Å². The van der Waals surface area contributed by atoms with E-state index in [4.69, 9.17) is 10.2 Å². The van der Waals surface area contributed by atoms with E-state index in [1.165, 1.54) is 18.8 Å². The van der Waals surface area contributed by atoms with Gasteiger partial charge in [-0.2, -0.15) is 22.5 Å². The first-order valence-electron chi connectivity index (χ1n) is 8.46. The van der Waals surface area contributed by atoms with Gasteiger partial charge in [-0.15, -0.1) is 0 Å². The minimum atomic E-state index is -2.83. The number of aliphatic imine (C=N–C) groups is 1. The molecular formula is C16H22N6O7S. The van der Waals surface area contributed by atoms with Crippen LogP contribution >= 0.6 is 11.8 Å². The number of aryl methyl sites for hydroxylation is 1. The summed E-state index contributed by atoms with van der Waals surface area (Å²) in [7, 11) is 1.33. The monoisotopic (exact) mass is 442 g/mol. The minimum Gasteiger partial charge on any atom is -0.481 e. The van der Waals surface area contributed by atoms with E-state index < -0.39 is 36.4 Å². The Morgan fingerprint density at radius 3 is 2.63 bits per heavy atom. The molecule has 1 rings (SSSR count). The molecule has 0 radical (unpaired) electrons. The van der Waals surface area contributed by atoms with Crippen molar-refractivity contribution in [1.29, 1.82) is 5.26 Å². The molecule has 0 amide bonds. The number of nitrogens with zero attached hydrogens (tertiary/aromatic N) is 4. The number of guanidine groups is 1. The van der Waals surface area contributed by atoms with Gasteiger partial charge in [-0.05, 0) is 6.92 Å². The van der Waals surface area contributed by atoms with Gasteiger partial charge >= 0.3 is 17.9 Å². The van der Waals surface area contributed by atoms with Crippen molar-refractivity contribution >= 4 is 35.6 Å². The van der Waals surface area contributed by atoms with Gasteiger partial charge in [0.2, 0.25) is 5.96 Å². The van der Waals surface area contributed by atoms with Gasteiger partial charge in [-0.3, -0.25) is 9.79 Å². The summed E-state index contributed by atoms with van der Waals surface area (Å²) < 4.78 is 0. The van der Waals surface area contributed by atoms with Crippen molar-refractivity contribution in [1.82, 2.24) is 20.3 Å². The first kappa shape index (κ1) is 24.7. The Hall–Kier alpha value is -3.31. The van der Waals surface area contributed by atoms with Crippen LogP contribution in [0.25, 0.3) is 0 Å². The van der Waals surface area contributed by atoms with Crippen LogP contribution in [0.15, 0.2) is 11.3 Å². The molecule has 1 aromatic rings. The highest BCUT2D eigenvalue weighted by Gasteiger charge is 2.41. The van der Waals surface area contributed by atoms with Crippen LogP contribution in [-0.2, 0) is 25.0 Å². The predicted molar refractivity (Wildman–Crippen MR) is 104 cm³/mol. The molecule has 0 aliphatic heterocycles. The van der Waals surface area contributed by atoms with E-state index in [1.54, 1.807) is 6.33 Å². The number of aromatic amines is 1. The summed E-state index contributed by atoms with van der Waals surface area (Å²) in [5.41, 5.74) is 1.14. The van der Waals surface area contributed by atoms with Crippen LogP contribution in [0.3, 0.4) is 0 Å². The number of rotatable bonds is 10. The third-order valence-corrected chi connectivity index (χ3v) is 4.70. The molecule has 1 unspecified atom stereocenters. The number of carboxylic acids is 2. The fraction of sp³-hybridized carbons (Fsp3) is 0.500. The first-order valence-corrected chi connectivity index (χ1v) is 9.62. The number of hydroxylamine groups is 1. The highest BCUT2D eigenvalue weighted by atomic mass is 32.2. The van der Waals surface area contributed by atoms with Crippen molar-refractivity contribution in [3.05, 3.63) is 17.7 Å². The zero-order chi connectivity index (χ0) is 22.7. The van der Waals surface area contributed by atoms with Crippen molar-refractivity contribution in [2.45, 2.75) is 31.1 Å². The van der Waals surface area contributed by atoms with Crippen LogP contribution in [-0.4, -0.2) is 79.0 Å². The van der Waals surface area contributed by atoms with E-state index in [-0.39, 0.29) is 12.5 Å². The highest BCUT2D eigenvalue weighted by molar-refractivity contribution is 7.98. The predicted octanol–water partition coefficient (Wildman–Crippen LogP) is -0.551. The minimum absolute atomic E-state index is 0.125.